The van der Waals surface area contributed by atoms with Gasteiger partial charge >= 0.3 is 6.09 Å². The van der Waals surface area contributed by atoms with Gasteiger partial charge in [0.15, 0.2) is 0 Å². The Hall–Kier alpha value is -3.37. The predicted molar refractivity (Wildman–Crippen MR) is 126 cm³/mol. The normalized spacial score (nSPS) is 12.5. The molecule has 1 aliphatic carbocycles. The Bertz CT molecular complexity index is 1030. The van der Waals surface area contributed by atoms with Crippen LogP contribution < -0.4 is 11.1 Å². The van der Waals surface area contributed by atoms with Gasteiger partial charge in [-0.15, -0.1) is 0 Å². The van der Waals surface area contributed by atoms with Crippen LogP contribution in [0.3, 0.4) is 0 Å². The van der Waals surface area contributed by atoms with Gasteiger partial charge in [0.05, 0.1) is 0 Å². The van der Waals surface area contributed by atoms with Crippen molar-refractivity contribution < 1.29 is 9.53 Å². The fraction of sp³-hybridized carbons (Fsp3) is 0.222. The molecule has 1 amide bonds. The Labute approximate surface area is 183 Å². The molecule has 0 atom stereocenters. The molecule has 3 aromatic rings. The summed E-state index contributed by atoms with van der Waals surface area (Å²) < 4.78 is 5.56. The summed E-state index contributed by atoms with van der Waals surface area (Å²) >= 11 is 0. The molecule has 0 aliphatic heterocycles. The molecule has 4 heteroatoms. The van der Waals surface area contributed by atoms with Crippen molar-refractivity contribution in [3.63, 3.8) is 0 Å². The molecule has 31 heavy (non-hydrogen) atoms. The standard InChI is InChI=1S/C27H28N2O2/c28-16-15-21-10-7-9-20(18-21)8-5-6-17-29-27(30)31-19-26-24-13-3-1-11-22(24)23-12-2-4-14-25(23)26/h1-5,7-14,18,26H,6,15-17,19,28H2,(H,29,30). The molecule has 4 nitrogen and oxygen atoms in total. The minimum Gasteiger partial charge on any atom is -0.449 e. The van der Waals surface area contributed by atoms with Crippen molar-refractivity contribution in [1.29, 1.82) is 0 Å². The molecule has 0 fully saturated rings. The van der Waals surface area contributed by atoms with E-state index < -0.39 is 0 Å². The van der Waals surface area contributed by atoms with Gasteiger partial charge in [0, 0.05) is 12.5 Å². The molecule has 3 N–H and O–H groups in total. The zero-order valence-electron chi connectivity index (χ0n) is 17.6. The maximum atomic E-state index is 12.2. The fourth-order valence-electron chi connectivity index (χ4n) is 4.15. The molecule has 3 aromatic carbocycles. The molecule has 0 unspecified atom stereocenters. The van der Waals surface area contributed by atoms with E-state index in [-0.39, 0.29) is 12.0 Å². The third-order valence-electron chi connectivity index (χ3n) is 5.62. The van der Waals surface area contributed by atoms with Crippen LogP contribution in [0.15, 0.2) is 78.9 Å². The smallest absolute Gasteiger partial charge is 0.407 e. The van der Waals surface area contributed by atoms with Gasteiger partial charge in [0.1, 0.15) is 6.61 Å². The molecule has 0 spiro atoms. The molecule has 1 aliphatic rings. The number of hydrogen-bond acceptors (Lipinski definition) is 3. The lowest BCUT2D eigenvalue weighted by molar-refractivity contribution is 0.143. The summed E-state index contributed by atoms with van der Waals surface area (Å²) in [5.41, 5.74) is 12.9. The largest absolute Gasteiger partial charge is 0.449 e. The van der Waals surface area contributed by atoms with E-state index >= 15 is 0 Å². The maximum absolute atomic E-state index is 12.2. The highest BCUT2D eigenvalue weighted by molar-refractivity contribution is 5.79. The SMILES string of the molecule is NCCc1cccc(C=CCCNC(=O)OCC2c3ccccc3-c3ccccc32)c1. The quantitative estimate of drug-likeness (QED) is 0.504. The van der Waals surface area contributed by atoms with Gasteiger partial charge < -0.3 is 15.8 Å². The summed E-state index contributed by atoms with van der Waals surface area (Å²) in [7, 11) is 0. The summed E-state index contributed by atoms with van der Waals surface area (Å²) in [6, 6.07) is 25.0. The first-order valence-corrected chi connectivity index (χ1v) is 10.8. The number of rotatable bonds is 8. The number of nitrogens with one attached hydrogen (secondary N) is 1. The first-order valence-electron chi connectivity index (χ1n) is 10.8. The zero-order valence-corrected chi connectivity index (χ0v) is 17.6. The molecule has 158 valence electrons. The molecule has 0 saturated heterocycles. The van der Waals surface area contributed by atoms with Crippen LogP contribution >= 0.6 is 0 Å². The van der Waals surface area contributed by atoms with E-state index in [1.807, 2.05) is 30.3 Å². The van der Waals surface area contributed by atoms with Gasteiger partial charge in [-0.1, -0.05) is 84.9 Å². The van der Waals surface area contributed by atoms with Gasteiger partial charge in [0.2, 0.25) is 0 Å². The maximum Gasteiger partial charge on any atom is 0.407 e. The highest BCUT2D eigenvalue weighted by atomic mass is 16.5. The van der Waals surface area contributed by atoms with Crippen LogP contribution in [0.5, 0.6) is 0 Å². The predicted octanol–water partition coefficient (Wildman–Crippen LogP) is 5.13. The van der Waals surface area contributed by atoms with Crippen LogP contribution in [0.2, 0.25) is 0 Å². The summed E-state index contributed by atoms with van der Waals surface area (Å²) in [5, 5.41) is 2.84. The number of nitrogens with two attached hydrogens (primary N) is 1. The van der Waals surface area contributed by atoms with E-state index in [1.54, 1.807) is 0 Å². The van der Waals surface area contributed by atoms with Crippen LogP contribution in [0.25, 0.3) is 17.2 Å². The van der Waals surface area contributed by atoms with Gasteiger partial charge in [0.25, 0.3) is 0 Å². The molecule has 0 aromatic heterocycles. The second-order valence-electron chi connectivity index (χ2n) is 7.73. The zero-order chi connectivity index (χ0) is 21.5. The summed E-state index contributed by atoms with van der Waals surface area (Å²) in [6.45, 7) is 1.52. The number of carbonyl (C=O) groups excluding carboxylic acids is 1. The minimum absolute atomic E-state index is 0.0823. The van der Waals surface area contributed by atoms with Gasteiger partial charge in [-0.05, 0) is 52.8 Å². The number of alkyl carbamates (subject to hydrolysis) is 1. The van der Waals surface area contributed by atoms with E-state index in [0.29, 0.717) is 19.7 Å². The van der Waals surface area contributed by atoms with Crippen LogP contribution in [0, 0.1) is 0 Å². The van der Waals surface area contributed by atoms with Gasteiger partial charge in [-0.25, -0.2) is 4.79 Å². The van der Waals surface area contributed by atoms with E-state index in [9.17, 15) is 4.79 Å². The van der Waals surface area contributed by atoms with Crippen molar-refractivity contribution in [2.45, 2.75) is 18.8 Å². The molecule has 0 radical (unpaired) electrons. The molecular weight excluding hydrogens is 384 g/mol. The molecule has 0 saturated carbocycles. The van der Waals surface area contributed by atoms with Gasteiger partial charge in [-0.3, -0.25) is 0 Å². The Morgan fingerprint density at radius 3 is 2.39 bits per heavy atom. The topological polar surface area (TPSA) is 64.3 Å². The number of fused-ring (bicyclic) bond motifs is 3. The second kappa shape index (κ2) is 10.1. The second-order valence-corrected chi connectivity index (χ2v) is 7.73. The first-order chi connectivity index (χ1) is 15.3. The Kier molecular flexibility index (Phi) is 6.80. The number of hydrogen-bond donors (Lipinski definition) is 2. The van der Waals surface area contributed by atoms with Gasteiger partial charge in [-0.2, -0.15) is 0 Å². The van der Waals surface area contributed by atoms with Crippen molar-refractivity contribution in [2.24, 2.45) is 5.73 Å². The lowest BCUT2D eigenvalue weighted by Crippen LogP contribution is -2.26. The molecule has 0 bridgehead atoms. The highest BCUT2D eigenvalue weighted by Gasteiger charge is 2.28. The number of amides is 1. The van der Waals surface area contributed by atoms with Crippen molar-refractivity contribution in [2.75, 3.05) is 19.7 Å². The Morgan fingerprint density at radius 2 is 1.68 bits per heavy atom. The first kappa shape index (κ1) is 20.9. The van der Waals surface area contributed by atoms with Crippen LogP contribution in [0.4, 0.5) is 4.79 Å². The van der Waals surface area contributed by atoms with Crippen molar-refractivity contribution in [3.05, 3.63) is 101 Å². The number of carbonyl (C=O) groups is 1. The minimum atomic E-state index is -0.375. The average Bonchev–Trinajstić information content (AvgIpc) is 3.12. The van der Waals surface area contributed by atoms with E-state index in [1.165, 1.54) is 27.8 Å². The monoisotopic (exact) mass is 412 g/mol. The fourth-order valence-corrected chi connectivity index (χ4v) is 4.15. The van der Waals surface area contributed by atoms with E-state index in [0.717, 1.165) is 18.4 Å². The van der Waals surface area contributed by atoms with Crippen LogP contribution in [-0.4, -0.2) is 25.8 Å². The van der Waals surface area contributed by atoms with E-state index in [4.69, 9.17) is 10.5 Å². The molecular formula is C27H28N2O2. The summed E-state index contributed by atoms with van der Waals surface area (Å²) in [4.78, 5) is 12.2. The van der Waals surface area contributed by atoms with Crippen LogP contribution in [0.1, 0.15) is 34.6 Å². The lowest BCUT2D eigenvalue weighted by atomic mass is 9.98. The molecule has 4 rings (SSSR count). The van der Waals surface area contributed by atoms with Crippen molar-refractivity contribution in [1.82, 2.24) is 5.32 Å². The number of ether oxygens (including phenoxy) is 1. The third kappa shape index (κ3) is 5.04. The number of benzene rings is 3. The van der Waals surface area contributed by atoms with E-state index in [2.05, 4.69) is 59.9 Å². The molecule has 0 heterocycles. The Balaban J connectivity index is 1.25. The Morgan fingerprint density at radius 1 is 0.968 bits per heavy atom. The summed E-state index contributed by atoms with van der Waals surface area (Å²) in [5.74, 6) is 0.0823. The average molecular weight is 413 g/mol. The summed E-state index contributed by atoms with van der Waals surface area (Å²) in [6.07, 6.45) is 5.38. The van der Waals surface area contributed by atoms with Crippen molar-refractivity contribution >= 4 is 12.2 Å². The van der Waals surface area contributed by atoms with Crippen LogP contribution in [-0.2, 0) is 11.2 Å². The highest BCUT2D eigenvalue weighted by Crippen LogP contribution is 2.44. The lowest BCUT2D eigenvalue weighted by Gasteiger charge is -2.14. The third-order valence-corrected chi connectivity index (χ3v) is 5.62. The van der Waals surface area contributed by atoms with Crippen molar-refractivity contribution in [3.8, 4) is 11.1 Å².